The molecule has 0 saturated heterocycles. The van der Waals surface area contributed by atoms with Crippen LogP contribution < -0.4 is 15.4 Å². The SMILES string of the molecule is O=S(=O)(O)Nc1ccc(CNc2nc(NCCCO)nc3scc(-c4ccccc4)c23)cc1. The molecule has 4 aromatic rings. The number of benzene rings is 2. The molecule has 0 radical (unpaired) electrons. The van der Waals surface area contributed by atoms with Gasteiger partial charge < -0.3 is 15.7 Å². The fourth-order valence-corrected chi connectivity index (χ4v) is 4.66. The molecule has 4 rings (SSSR count). The van der Waals surface area contributed by atoms with Crippen LogP contribution in [0.2, 0.25) is 0 Å². The highest BCUT2D eigenvalue weighted by Crippen LogP contribution is 2.37. The van der Waals surface area contributed by atoms with Crippen molar-refractivity contribution in [3.63, 3.8) is 0 Å². The van der Waals surface area contributed by atoms with Gasteiger partial charge in [-0.3, -0.25) is 9.27 Å². The van der Waals surface area contributed by atoms with Gasteiger partial charge in [0, 0.05) is 30.6 Å². The lowest BCUT2D eigenvalue weighted by Crippen LogP contribution is -2.10. The summed E-state index contributed by atoms with van der Waals surface area (Å²) in [5.41, 5.74) is 3.27. The summed E-state index contributed by atoms with van der Waals surface area (Å²) in [6.07, 6.45) is 0.591. The minimum atomic E-state index is -4.31. The lowest BCUT2D eigenvalue weighted by atomic mass is 10.1. The van der Waals surface area contributed by atoms with E-state index < -0.39 is 10.3 Å². The average Bonchev–Trinajstić information content (AvgIpc) is 3.22. The number of rotatable bonds is 10. The molecule has 172 valence electrons. The molecule has 2 aromatic carbocycles. The van der Waals surface area contributed by atoms with Crippen molar-refractivity contribution in [3.8, 4) is 11.1 Å². The van der Waals surface area contributed by atoms with Crippen LogP contribution in [0.3, 0.4) is 0 Å². The van der Waals surface area contributed by atoms with Crippen LogP contribution in [0.25, 0.3) is 21.3 Å². The van der Waals surface area contributed by atoms with Gasteiger partial charge in [-0.05, 0) is 29.7 Å². The van der Waals surface area contributed by atoms with Crippen LogP contribution in [0.4, 0.5) is 17.5 Å². The van der Waals surface area contributed by atoms with Crippen molar-refractivity contribution in [1.82, 2.24) is 9.97 Å². The van der Waals surface area contributed by atoms with Gasteiger partial charge in [0.1, 0.15) is 10.6 Å². The molecule has 0 unspecified atom stereocenters. The molecule has 0 amide bonds. The first-order valence-corrected chi connectivity index (χ1v) is 12.5. The van der Waals surface area contributed by atoms with Crippen LogP contribution in [-0.4, -0.2) is 41.2 Å². The third-order valence-electron chi connectivity index (χ3n) is 4.80. The van der Waals surface area contributed by atoms with E-state index in [1.54, 1.807) is 24.3 Å². The second-order valence-corrected chi connectivity index (χ2v) is 9.24. The van der Waals surface area contributed by atoms with Crippen molar-refractivity contribution >= 4 is 49.3 Å². The summed E-state index contributed by atoms with van der Waals surface area (Å²) in [7, 11) is -4.31. The van der Waals surface area contributed by atoms with E-state index in [0.717, 1.165) is 26.9 Å². The summed E-state index contributed by atoms with van der Waals surface area (Å²) in [5, 5.41) is 18.6. The summed E-state index contributed by atoms with van der Waals surface area (Å²) in [6.45, 7) is 1.08. The standard InChI is InChI=1S/C22H23N5O4S2/c28-12-4-11-23-22-25-20(24-13-15-7-9-17(10-8-15)27-33(29,30)31)19-18(14-32-21(19)26-22)16-5-2-1-3-6-16/h1-3,5-10,14,27-28H,4,11-13H2,(H,29,30,31)(H2,23,24,25,26). The smallest absolute Gasteiger partial charge is 0.357 e. The molecular weight excluding hydrogens is 462 g/mol. The fourth-order valence-electron chi connectivity index (χ4n) is 3.28. The lowest BCUT2D eigenvalue weighted by molar-refractivity contribution is 0.292. The van der Waals surface area contributed by atoms with E-state index in [-0.39, 0.29) is 12.3 Å². The molecule has 0 aliphatic heterocycles. The number of aliphatic hydroxyl groups is 1. The maximum absolute atomic E-state index is 11.0. The largest absolute Gasteiger partial charge is 0.396 e. The predicted molar refractivity (Wildman–Crippen MR) is 132 cm³/mol. The topological polar surface area (TPSA) is 136 Å². The highest BCUT2D eigenvalue weighted by atomic mass is 32.2. The Kier molecular flexibility index (Phi) is 7.04. The zero-order valence-corrected chi connectivity index (χ0v) is 19.2. The quantitative estimate of drug-likeness (QED) is 0.168. The van der Waals surface area contributed by atoms with Crippen LogP contribution in [0.15, 0.2) is 60.0 Å². The third kappa shape index (κ3) is 5.96. The Bertz CT molecular complexity index is 1330. The molecule has 33 heavy (non-hydrogen) atoms. The Morgan fingerprint density at radius 3 is 2.42 bits per heavy atom. The normalized spacial score (nSPS) is 11.5. The molecule has 0 aliphatic carbocycles. The van der Waals surface area contributed by atoms with Crippen molar-refractivity contribution in [2.45, 2.75) is 13.0 Å². The Morgan fingerprint density at radius 1 is 0.970 bits per heavy atom. The second-order valence-electron chi connectivity index (χ2n) is 7.22. The van der Waals surface area contributed by atoms with Crippen molar-refractivity contribution < 1.29 is 18.1 Å². The summed E-state index contributed by atoms with van der Waals surface area (Å²) in [6, 6.07) is 16.7. The maximum atomic E-state index is 11.0. The Labute approximate surface area is 195 Å². The van der Waals surface area contributed by atoms with Gasteiger partial charge in [0.15, 0.2) is 0 Å². The second kappa shape index (κ2) is 10.1. The van der Waals surface area contributed by atoms with Crippen LogP contribution >= 0.6 is 11.3 Å². The maximum Gasteiger partial charge on any atom is 0.357 e. The number of aromatic nitrogens is 2. The van der Waals surface area contributed by atoms with Gasteiger partial charge in [-0.15, -0.1) is 11.3 Å². The monoisotopic (exact) mass is 485 g/mol. The third-order valence-corrected chi connectivity index (χ3v) is 6.16. The van der Waals surface area contributed by atoms with Crippen molar-refractivity contribution in [1.29, 1.82) is 0 Å². The Balaban J connectivity index is 1.63. The van der Waals surface area contributed by atoms with E-state index in [0.29, 0.717) is 31.3 Å². The number of thiophene rings is 1. The molecule has 9 nitrogen and oxygen atoms in total. The summed E-state index contributed by atoms with van der Waals surface area (Å²) in [4.78, 5) is 10.2. The number of fused-ring (bicyclic) bond motifs is 1. The van der Waals surface area contributed by atoms with E-state index in [4.69, 9.17) is 9.66 Å². The molecule has 0 aliphatic rings. The first-order valence-electron chi connectivity index (χ1n) is 10.2. The molecule has 0 spiro atoms. The van der Waals surface area contributed by atoms with Crippen molar-refractivity contribution in [2.24, 2.45) is 0 Å². The first kappa shape index (κ1) is 22.9. The van der Waals surface area contributed by atoms with E-state index in [1.165, 1.54) is 11.3 Å². The number of anilines is 3. The van der Waals surface area contributed by atoms with Gasteiger partial charge in [-0.1, -0.05) is 42.5 Å². The van der Waals surface area contributed by atoms with E-state index in [9.17, 15) is 8.42 Å². The zero-order valence-electron chi connectivity index (χ0n) is 17.5. The van der Waals surface area contributed by atoms with E-state index in [2.05, 4.69) is 26.0 Å². The number of nitrogens with one attached hydrogen (secondary N) is 3. The van der Waals surface area contributed by atoms with E-state index in [1.807, 2.05) is 35.1 Å². The van der Waals surface area contributed by atoms with Gasteiger partial charge in [0.25, 0.3) is 0 Å². The Hall–Kier alpha value is -3.25. The van der Waals surface area contributed by atoms with E-state index >= 15 is 0 Å². The number of hydrogen-bond acceptors (Lipinski definition) is 8. The summed E-state index contributed by atoms with van der Waals surface area (Å²) >= 11 is 1.54. The molecule has 11 heteroatoms. The predicted octanol–water partition coefficient (Wildman–Crippen LogP) is 3.98. The van der Waals surface area contributed by atoms with Gasteiger partial charge in [-0.25, -0.2) is 4.98 Å². The van der Waals surface area contributed by atoms with Gasteiger partial charge in [0.2, 0.25) is 5.95 Å². The van der Waals surface area contributed by atoms with Crippen molar-refractivity contribution in [3.05, 3.63) is 65.5 Å². The number of nitrogens with zero attached hydrogens (tertiary/aromatic N) is 2. The minimum absolute atomic E-state index is 0.0833. The van der Waals surface area contributed by atoms with Gasteiger partial charge >= 0.3 is 10.3 Å². The molecule has 0 saturated carbocycles. The first-order chi connectivity index (χ1) is 15.9. The summed E-state index contributed by atoms with van der Waals surface area (Å²) in [5.74, 6) is 1.15. The molecule has 2 heterocycles. The zero-order chi connectivity index (χ0) is 23.3. The minimum Gasteiger partial charge on any atom is -0.396 e. The van der Waals surface area contributed by atoms with Gasteiger partial charge in [-0.2, -0.15) is 13.4 Å². The van der Waals surface area contributed by atoms with Crippen molar-refractivity contribution in [2.75, 3.05) is 28.5 Å². The number of aliphatic hydroxyl groups excluding tert-OH is 1. The molecule has 0 atom stereocenters. The average molecular weight is 486 g/mol. The van der Waals surface area contributed by atoms with Crippen LogP contribution in [0.1, 0.15) is 12.0 Å². The van der Waals surface area contributed by atoms with Crippen LogP contribution in [-0.2, 0) is 16.8 Å². The van der Waals surface area contributed by atoms with Crippen LogP contribution in [0.5, 0.6) is 0 Å². The highest BCUT2D eigenvalue weighted by molar-refractivity contribution is 7.87. The summed E-state index contributed by atoms with van der Waals surface area (Å²) < 4.78 is 32.9. The van der Waals surface area contributed by atoms with Crippen LogP contribution in [0, 0.1) is 0 Å². The highest BCUT2D eigenvalue weighted by Gasteiger charge is 2.15. The molecular formula is C22H23N5O4S2. The lowest BCUT2D eigenvalue weighted by Gasteiger charge is -2.12. The molecule has 2 aromatic heterocycles. The molecule has 0 bridgehead atoms. The Morgan fingerprint density at radius 2 is 1.73 bits per heavy atom. The fraction of sp³-hybridized carbons (Fsp3) is 0.182. The number of hydrogen-bond donors (Lipinski definition) is 5. The molecule has 0 fully saturated rings. The van der Waals surface area contributed by atoms with Gasteiger partial charge in [0.05, 0.1) is 11.1 Å². The molecule has 5 N–H and O–H groups in total.